The van der Waals surface area contributed by atoms with Crippen LogP contribution in [0.2, 0.25) is 5.15 Å². The van der Waals surface area contributed by atoms with Gasteiger partial charge in [-0.15, -0.1) is 0 Å². The molecule has 0 spiro atoms. The van der Waals surface area contributed by atoms with Gasteiger partial charge in [-0.05, 0) is 37.6 Å². The second kappa shape index (κ2) is 7.77. The van der Waals surface area contributed by atoms with E-state index in [-0.39, 0.29) is 15.6 Å². The van der Waals surface area contributed by atoms with Gasteiger partial charge >= 0.3 is 0 Å². The number of aromatic nitrogens is 2. The van der Waals surface area contributed by atoms with Gasteiger partial charge in [0.05, 0.1) is 22.7 Å². The summed E-state index contributed by atoms with van der Waals surface area (Å²) < 4.78 is 25.0. The molecule has 6 nitrogen and oxygen atoms in total. The number of carbonyl (C=O) groups is 1. The van der Waals surface area contributed by atoms with E-state index in [0.29, 0.717) is 17.9 Å². The van der Waals surface area contributed by atoms with Crippen molar-refractivity contribution < 1.29 is 13.2 Å². The van der Waals surface area contributed by atoms with Crippen molar-refractivity contribution >= 4 is 33.0 Å². The maximum Gasteiger partial charge on any atom is 0.260 e. The number of aryl methyl sites for hydroxylation is 2. The Hall–Kier alpha value is -2.64. The Bertz CT molecular complexity index is 1140. The van der Waals surface area contributed by atoms with E-state index in [2.05, 4.69) is 10.4 Å². The van der Waals surface area contributed by atoms with E-state index in [1.807, 2.05) is 31.2 Å². The first-order valence-electron chi connectivity index (χ1n) is 8.55. The van der Waals surface area contributed by atoms with Crippen LogP contribution in [-0.2, 0) is 16.4 Å². The average Bonchev–Trinajstić information content (AvgIpc) is 2.90. The predicted molar refractivity (Wildman–Crippen MR) is 110 cm³/mol. The molecule has 0 aliphatic heterocycles. The highest BCUT2D eigenvalue weighted by molar-refractivity contribution is 7.90. The van der Waals surface area contributed by atoms with Gasteiger partial charge in [0.15, 0.2) is 9.84 Å². The Kier molecular flexibility index (Phi) is 5.58. The molecule has 0 radical (unpaired) electrons. The minimum atomic E-state index is -3.37. The standard InChI is InChI=1S/C20H20ClN3O3S/c1-13-7-9-15(10-8-13)12-24-19(21)18(14(2)23-24)20(25)22-16-5-4-6-17(11-16)28(3,26)27/h4-11H,12H2,1-3H3,(H,22,25). The quantitative estimate of drug-likeness (QED) is 0.683. The maximum atomic E-state index is 12.7. The largest absolute Gasteiger partial charge is 0.322 e. The molecule has 3 rings (SSSR count). The Balaban J connectivity index is 1.85. The highest BCUT2D eigenvalue weighted by Crippen LogP contribution is 2.23. The summed E-state index contributed by atoms with van der Waals surface area (Å²) in [5.41, 5.74) is 3.30. The summed E-state index contributed by atoms with van der Waals surface area (Å²) in [4.78, 5) is 12.9. The molecule has 0 saturated carbocycles. The lowest BCUT2D eigenvalue weighted by Gasteiger charge is -2.07. The molecule has 1 N–H and O–H groups in total. The van der Waals surface area contributed by atoms with Crippen molar-refractivity contribution in [2.75, 3.05) is 11.6 Å². The molecular formula is C20H20ClN3O3S. The van der Waals surface area contributed by atoms with Crippen LogP contribution in [0.5, 0.6) is 0 Å². The van der Waals surface area contributed by atoms with Crippen molar-refractivity contribution in [1.29, 1.82) is 0 Å². The van der Waals surface area contributed by atoms with Crippen molar-refractivity contribution in [3.05, 3.63) is 76.1 Å². The summed E-state index contributed by atoms with van der Waals surface area (Å²) in [7, 11) is -3.37. The van der Waals surface area contributed by atoms with Crippen molar-refractivity contribution in [3.8, 4) is 0 Å². The SMILES string of the molecule is Cc1ccc(Cn2nc(C)c(C(=O)Nc3cccc(S(C)(=O)=O)c3)c2Cl)cc1. The molecule has 0 aliphatic carbocycles. The number of amides is 1. The molecule has 0 saturated heterocycles. The first-order valence-corrected chi connectivity index (χ1v) is 10.8. The lowest BCUT2D eigenvalue weighted by atomic mass is 10.1. The number of hydrogen-bond donors (Lipinski definition) is 1. The number of carbonyl (C=O) groups excluding carboxylic acids is 1. The first kappa shape index (κ1) is 20.1. The fourth-order valence-corrected chi connectivity index (χ4v) is 3.77. The highest BCUT2D eigenvalue weighted by atomic mass is 35.5. The van der Waals surface area contributed by atoms with Gasteiger partial charge in [-0.25, -0.2) is 13.1 Å². The second-order valence-electron chi connectivity index (χ2n) is 6.65. The van der Waals surface area contributed by atoms with Crippen LogP contribution in [0.3, 0.4) is 0 Å². The molecule has 0 bridgehead atoms. The van der Waals surface area contributed by atoms with Gasteiger partial charge in [0.2, 0.25) is 0 Å². The number of rotatable bonds is 5. The fourth-order valence-electron chi connectivity index (χ4n) is 2.78. The van der Waals surface area contributed by atoms with Gasteiger partial charge in [0.1, 0.15) is 5.15 Å². The third-order valence-corrected chi connectivity index (χ3v) is 5.76. The van der Waals surface area contributed by atoms with Crippen LogP contribution >= 0.6 is 11.6 Å². The van der Waals surface area contributed by atoms with Crippen molar-refractivity contribution in [3.63, 3.8) is 0 Å². The van der Waals surface area contributed by atoms with E-state index in [4.69, 9.17) is 11.6 Å². The van der Waals surface area contributed by atoms with Crippen LogP contribution in [0.4, 0.5) is 5.69 Å². The third-order valence-electron chi connectivity index (χ3n) is 4.27. The smallest absolute Gasteiger partial charge is 0.260 e. The van der Waals surface area contributed by atoms with Gasteiger partial charge < -0.3 is 5.32 Å². The van der Waals surface area contributed by atoms with Crippen molar-refractivity contribution in [2.24, 2.45) is 0 Å². The van der Waals surface area contributed by atoms with Crippen LogP contribution in [-0.4, -0.2) is 30.4 Å². The maximum absolute atomic E-state index is 12.7. The van der Waals surface area contributed by atoms with Crippen molar-refractivity contribution in [1.82, 2.24) is 9.78 Å². The summed E-state index contributed by atoms with van der Waals surface area (Å²) in [6.07, 6.45) is 1.12. The molecule has 0 aliphatic rings. The van der Waals surface area contributed by atoms with E-state index >= 15 is 0 Å². The molecule has 28 heavy (non-hydrogen) atoms. The molecular weight excluding hydrogens is 398 g/mol. The van der Waals surface area contributed by atoms with Gasteiger partial charge in [0.25, 0.3) is 5.91 Å². The molecule has 2 aromatic carbocycles. The fraction of sp³-hybridized carbons (Fsp3) is 0.200. The molecule has 1 amide bonds. The number of anilines is 1. The molecule has 0 fully saturated rings. The van der Waals surface area contributed by atoms with Gasteiger partial charge in [-0.3, -0.25) is 4.79 Å². The second-order valence-corrected chi connectivity index (χ2v) is 9.02. The zero-order valence-corrected chi connectivity index (χ0v) is 17.3. The molecule has 0 atom stereocenters. The lowest BCUT2D eigenvalue weighted by Crippen LogP contribution is -2.13. The highest BCUT2D eigenvalue weighted by Gasteiger charge is 2.21. The van der Waals surface area contributed by atoms with E-state index in [1.54, 1.807) is 23.7 Å². The number of sulfone groups is 1. The molecule has 3 aromatic rings. The Morgan fingerprint density at radius 2 is 1.82 bits per heavy atom. The number of benzene rings is 2. The summed E-state index contributed by atoms with van der Waals surface area (Å²) in [5, 5.41) is 7.30. The Labute approximate surface area is 169 Å². The predicted octanol–water partition coefficient (Wildman–Crippen LogP) is 3.86. The van der Waals surface area contributed by atoms with Crippen LogP contribution in [0.1, 0.15) is 27.2 Å². The zero-order valence-electron chi connectivity index (χ0n) is 15.7. The molecule has 8 heteroatoms. The van der Waals surface area contributed by atoms with Crippen LogP contribution in [0.25, 0.3) is 0 Å². The zero-order chi connectivity index (χ0) is 20.5. The van der Waals surface area contributed by atoms with Crippen LogP contribution in [0.15, 0.2) is 53.4 Å². The molecule has 146 valence electrons. The molecule has 1 aromatic heterocycles. The molecule has 0 unspecified atom stereocenters. The monoisotopic (exact) mass is 417 g/mol. The Morgan fingerprint density at radius 3 is 2.46 bits per heavy atom. The first-order chi connectivity index (χ1) is 13.1. The van der Waals surface area contributed by atoms with E-state index in [1.165, 1.54) is 12.1 Å². The minimum absolute atomic E-state index is 0.128. The van der Waals surface area contributed by atoms with Crippen LogP contribution in [0, 0.1) is 13.8 Å². The summed E-state index contributed by atoms with van der Waals surface area (Å²) in [6.45, 7) is 4.16. The van der Waals surface area contributed by atoms with Gasteiger partial charge in [0, 0.05) is 11.9 Å². The molecule has 1 heterocycles. The van der Waals surface area contributed by atoms with Gasteiger partial charge in [-0.1, -0.05) is 47.5 Å². The number of nitrogens with one attached hydrogen (secondary N) is 1. The van der Waals surface area contributed by atoms with E-state index in [9.17, 15) is 13.2 Å². The number of hydrogen-bond acceptors (Lipinski definition) is 4. The minimum Gasteiger partial charge on any atom is -0.322 e. The van der Waals surface area contributed by atoms with Crippen LogP contribution < -0.4 is 5.32 Å². The Morgan fingerprint density at radius 1 is 1.14 bits per heavy atom. The van der Waals surface area contributed by atoms with Crippen molar-refractivity contribution in [2.45, 2.75) is 25.3 Å². The summed E-state index contributed by atoms with van der Waals surface area (Å²) >= 11 is 6.42. The van der Waals surface area contributed by atoms with E-state index < -0.39 is 15.7 Å². The lowest BCUT2D eigenvalue weighted by molar-refractivity contribution is 0.102. The van der Waals surface area contributed by atoms with E-state index in [0.717, 1.165) is 17.4 Å². The third kappa shape index (κ3) is 4.43. The summed E-state index contributed by atoms with van der Waals surface area (Å²) in [6, 6.07) is 14.0. The topological polar surface area (TPSA) is 81.1 Å². The van der Waals surface area contributed by atoms with Gasteiger partial charge in [-0.2, -0.15) is 5.10 Å². The summed E-state index contributed by atoms with van der Waals surface area (Å²) in [5.74, 6) is -0.441. The average molecular weight is 418 g/mol. The normalized spacial score (nSPS) is 11.4. The number of nitrogens with zero attached hydrogens (tertiary/aromatic N) is 2. The number of halogens is 1.